The molecule has 0 aliphatic carbocycles. The Morgan fingerprint density at radius 3 is 2.78 bits per heavy atom. The smallest absolute Gasteiger partial charge is 0.121 e. The number of hydrogen-bond donors (Lipinski definition) is 1. The SMILES string of the molecule is N#Cc1cccc(OCc2cccc(N)c2Br)c1. The van der Waals surface area contributed by atoms with Crippen LogP contribution in [-0.4, -0.2) is 0 Å². The highest BCUT2D eigenvalue weighted by atomic mass is 79.9. The zero-order valence-electron chi connectivity index (χ0n) is 9.56. The zero-order valence-corrected chi connectivity index (χ0v) is 11.1. The third-order valence-electron chi connectivity index (χ3n) is 2.47. The molecule has 2 aromatic rings. The van der Waals surface area contributed by atoms with E-state index in [1.54, 1.807) is 18.2 Å². The highest BCUT2D eigenvalue weighted by Crippen LogP contribution is 2.25. The Bertz CT molecular complexity index is 605. The van der Waals surface area contributed by atoms with Crippen LogP contribution in [0, 0.1) is 11.3 Å². The van der Waals surface area contributed by atoms with Crippen molar-refractivity contribution in [2.75, 3.05) is 5.73 Å². The Kier molecular flexibility index (Phi) is 3.85. The van der Waals surface area contributed by atoms with Crippen LogP contribution in [0.4, 0.5) is 5.69 Å². The lowest BCUT2D eigenvalue weighted by atomic mass is 10.2. The summed E-state index contributed by atoms with van der Waals surface area (Å²) >= 11 is 3.42. The third-order valence-corrected chi connectivity index (χ3v) is 3.43. The maximum Gasteiger partial charge on any atom is 0.121 e. The quantitative estimate of drug-likeness (QED) is 0.883. The second-order valence-electron chi connectivity index (χ2n) is 3.75. The zero-order chi connectivity index (χ0) is 13.0. The molecule has 0 saturated carbocycles. The third kappa shape index (κ3) is 2.82. The van der Waals surface area contributed by atoms with Crippen LogP contribution in [0.1, 0.15) is 11.1 Å². The van der Waals surface area contributed by atoms with Gasteiger partial charge in [0.15, 0.2) is 0 Å². The molecule has 4 heteroatoms. The molecule has 2 rings (SSSR count). The number of anilines is 1. The van der Waals surface area contributed by atoms with Crippen molar-refractivity contribution in [2.24, 2.45) is 0 Å². The van der Waals surface area contributed by atoms with E-state index in [0.717, 1.165) is 10.0 Å². The minimum Gasteiger partial charge on any atom is -0.489 e. The maximum absolute atomic E-state index is 8.80. The first kappa shape index (κ1) is 12.5. The summed E-state index contributed by atoms with van der Waals surface area (Å²) in [6.45, 7) is 0.403. The summed E-state index contributed by atoms with van der Waals surface area (Å²) in [7, 11) is 0. The lowest BCUT2D eigenvalue weighted by molar-refractivity contribution is 0.305. The Hall–Kier alpha value is -1.99. The molecule has 0 unspecified atom stereocenters. The molecule has 18 heavy (non-hydrogen) atoms. The summed E-state index contributed by atoms with van der Waals surface area (Å²) < 4.78 is 6.48. The predicted octanol–water partition coefficient (Wildman–Crippen LogP) is 3.48. The van der Waals surface area contributed by atoms with E-state index in [1.165, 1.54) is 0 Å². The van der Waals surface area contributed by atoms with E-state index >= 15 is 0 Å². The van der Waals surface area contributed by atoms with Crippen LogP contribution >= 0.6 is 15.9 Å². The van der Waals surface area contributed by atoms with Gasteiger partial charge in [-0.15, -0.1) is 0 Å². The van der Waals surface area contributed by atoms with Gasteiger partial charge in [0.25, 0.3) is 0 Å². The van der Waals surface area contributed by atoms with Gasteiger partial charge in [-0.3, -0.25) is 0 Å². The molecule has 0 aliphatic heterocycles. The van der Waals surface area contributed by atoms with Crippen LogP contribution in [0.15, 0.2) is 46.9 Å². The van der Waals surface area contributed by atoms with E-state index in [-0.39, 0.29) is 0 Å². The van der Waals surface area contributed by atoms with Gasteiger partial charge in [0.05, 0.1) is 11.6 Å². The molecule has 0 aromatic heterocycles. The van der Waals surface area contributed by atoms with E-state index in [1.807, 2.05) is 24.3 Å². The molecule has 2 N–H and O–H groups in total. The van der Waals surface area contributed by atoms with Crippen LogP contribution in [0.2, 0.25) is 0 Å². The van der Waals surface area contributed by atoms with Gasteiger partial charge in [-0.25, -0.2) is 0 Å². The van der Waals surface area contributed by atoms with Gasteiger partial charge in [0.1, 0.15) is 12.4 Å². The first-order valence-electron chi connectivity index (χ1n) is 5.36. The van der Waals surface area contributed by atoms with Gasteiger partial charge in [0.2, 0.25) is 0 Å². The van der Waals surface area contributed by atoms with Crippen molar-refractivity contribution in [3.05, 3.63) is 58.1 Å². The van der Waals surface area contributed by atoms with E-state index in [4.69, 9.17) is 15.7 Å². The lowest BCUT2D eigenvalue weighted by Gasteiger charge is -2.09. The highest BCUT2D eigenvalue weighted by molar-refractivity contribution is 9.10. The minimum absolute atomic E-state index is 0.403. The van der Waals surface area contributed by atoms with E-state index in [2.05, 4.69) is 22.0 Å². The number of benzene rings is 2. The molecule has 0 amide bonds. The molecule has 0 aliphatic rings. The normalized spacial score (nSPS) is 9.78. The fourth-order valence-electron chi connectivity index (χ4n) is 1.53. The highest BCUT2D eigenvalue weighted by Gasteiger charge is 2.04. The number of ether oxygens (including phenoxy) is 1. The van der Waals surface area contributed by atoms with Crippen molar-refractivity contribution in [2.45, 2.75) is 6.61 Å². The first-order valence-corrected chi connectivity index (χ1v) is 6.16. The lowest BCUT2D eigenvalue weighted by Crippen LogP contribution is -1.98. The molecule has 2 aromatic carbocycles. The number of hydrogen-bond acceptors (Lipinski definition) is 3. The molecular formula is C14H11BrN2O. The van der Waals surface area contributed by atoms with Crippen LogP contribution in [0.3, 0.4) is 0 Å². The number of nitrogens with two attached hydrogens (primary N) is 1. The maximum atomic E-state index is 8.80. The molecule has 3 nitrogen and oxygen atoms in total. The number of nitrogens with zero attached hydrogens (tertiary/aromatic N) is 1. The predicted molar refractivity (Wildman–Crippen MR) is 74.0 cm³/mol. The molecule has 0 saturated heterocycles. The average Bonchev–Trinajstić information content (AvgIpc) is 2.41. The van der Waals surface area contributed by atoms with Crippen LogP contribution < -0.4 is 10.5 Å². The molecule has 0 fully saturated rings. The Morgan fingerprint density at radius 2 is 2.00 bits per heavy atom. The molecular weight excluding hydrogens is 292 g/mol. The standard InChI is InChI=1S/C14H11BrN2O/c15-14-11(4-2-6-13(14)17)9-18-12-5-1-3-10(7-12)8-16/h1-7H,9,17H2. The second-order valence-corrected chi connectivity index (χ2v) is 4.54. The summed E-state index contributed by atoms with van der Waals surface area (Å²) in [5, 5.41) is 8.80. The number of nitrogen functional groups attached to an aromatic ring is 1. The molecule has 0 spiro atoms. The van der Waals surface area contributed by atoms with Crippen molar-refractivity contribution in [3.63, 3.8) is 0 Å². The van der Waals surface area contributed by atoms with Gasteiger partial charge in [-0.1, -0.05) is 18.2 Å². The Labute approximate surface area is 114 Å². The minimum atomic E-state index is 0.403. The van der Waals surface area contributed by atoms with Crippen LogP contribution in [-0.2, 0) is 6.61 Å². The van der Waals surface area contributed by atoms with Crippen LogP contribution in [0.5, 0.6) is 5.75 Å². The summed E-state index contributed by atoms with van der Waals surface area (Å²) in [6, 6.07) is 14.8. The van der Waals surface area contributed by atoms with E-state index < -0.39 is 0 Å². The van der Waals surface area contributed by atoms with Gasteiger partial charge in [-0.2, -0.15) is 5.26 Å². The van der Waals surface area contributed by atoms with Crippen LogP contribution in [0.25, 0.3) is 0 Å². The fourth-order valence-corrected chi connectivity index (χ4v) is 1.91. The molecule has 0 radical (unpaired) electrons. The Balaban J connectivity index is 2.12. The number of nitriles is 1. The van der Waals surface area contributed by atoms with Crippen molar-refractivity contribution in [3.8, 4) is 11.8 Å². The summed E-state index contributed by atoms with van der Waals surface area (Å²) in [4.78, 5) is 0. The number of halogens is 1. The Morgan fingerprint density at radius 1 is 1.22 bits per heavy atom. The monoisotopic (exact) mass is 302 g/mol. The van der Waals surface area contributed by atoms with Gasteiger partial charge < -0.3 is 10.5 Å². The van der Waals surface area contributed by atoms with E-state index in [0.29, 0.717) is 23.6 Å². The summed E-state index contributed by atoms with van der Waals surface area (Å²) in [5.41, 5.74) is 8.02. The average molecular weight is 303 g/mol. The fraction of sp³-hybridized carbons (Fsp3) is 0.0714. The molecule has 0 atom stereocenters. The largest absolute Gasteiger partial charge is 0.489 e. The second kappa shape index (κ2) is 5.56. The van der Waals surface area contributed by atoms with Crippen molar-refractivity contribution < 1.29 is 4.74 Å². The summed E-state index contributed by atoms with van der Waals surface area (Å²) in [5.74, 6) is 0.670. The van der Waals surface area contributed by atoms with Gasteiger partial charge >= 0.3 is 0 Å². The summed E-state index contributed by atoms with van der Waals surface area (Å²) in [6.07, 6.45) is 0. The molecule has 0 heterocycles. The molecule has 0 bridgehead atoms. The van der Waals surface area contributed by atoms with Crippen molar-refractivity contribution in [1.82, 2.24) is 0 Å². The van der Waals surface area contributed by atoms with Crippen molar-refractivity contribution in [1.29, 1.82) is 5.26 Å². The topological polar surface area (TPSA) is 59.0 Å². The van der Waals surface area contributed by atoms with Crippen molar-refractivity contribution >= 4 is 21.6 Å². The first-order chi connectivity index (χ1) is 8.70. The van der Waals surface area contributed by atoms with Gasteiger partial charge in [-0.05, 0) is 40.2 Å². The number of rotatable bonds is 3. The molecule has 90 valence electrons. The van der Waals surface area contributed by atoms with Gasteiger partial charge in [0, 0.05) is 15.7 Å². The van der Waals surface area contributed by atoms with E-state index in [9.17, 15) is 0 Å².